The number of hydrogen-bond donors (Lipinski definition) is 0. The Balaban J connectivity index is 1.74. The van der Waals surface area contributed by atoms with Crippen LogP contribution in [0, 0.1) is 0 Å². The van der Waals surface area contributed by atoms with E-state index < -0.39 is 0 Å². The first-order valence-electron chi connectivity index (χ1n) is 8.11. The summed E-state index contributed by atoms with van der Waals surface area (Å²) in [4.78, 5) is 13.6. The standard InChI is InChI=1S/C22H16O2S/c23-20(17-11-5-2-6-12-17)22-21(18-13-7-8-14-19(18)25-22)24-15-16-9-3-1-4-10-16/h1-14H,15H2. The van der Waals surface area contributed by atoms with Crippen LogP contribution in [0.5, 0.6) is 5.75 Å². The first kappa shape index (κ1) is 15.6. The smallest absolute Gasteiger partial charge is 0.206 e. The molecule has 0 bridgehead atoms. The van der Waals surface area contributed by atoms with Crippen molar-refractivity contribution in [1.29, 1.82) is 0 Å². The molecule has 1 aromatic heterocycles. The zero-order valence-corrected chi connectivity index (χ0v) is 14.3. The highest BCUT2D eigenvalue weighted by Gasteiger charge is 2.21. The molecule has 0 saturated heterocycles. The molecule has 25 heavy (non-hydrogen) atoms. The van der Waals surface area contributed by atoms with Gasteiger partial charge in [-0.25, -0.2) is 0 Å². The fourth-order valence-electron chi connectivity index (χ4n) is 2.76. The topological polar surface area (TPSA) is 26.3 Å². The molecule has 1 heterocycles. The van der Waals surface area contributed by atoms with E-state index >= 15 is 0 Å². The summed E-state index contributed by atoms with van der Waals surface area (Å²) in [6.07, 6.45) is 0. The number of hydrogen-bond acceptors (Lipinski definition) is 3. The van der Waals surface area contributed by atoms with Crippen molar-refractivity contribution in [3.8, 4) is 5.75 Å². The second-order valence-electron chi connectivity index (χ2n) is 5.73. The molecule has 0 saturated carbocycles. The summed E-state index contributed by atoms with van der Waals surface area (Å²) in [5, 5.41) is 0.989. The van der Waals surface area contributed by atoms with Gasteiger partial charge in [0.15, 0.2) is 0 Å². The highest BCUT2D eigenvalue weighted by atomic mass is 32.1. The Labute approximate surface area is 150 Å². The third kappa shape index (κ3) is 3.19. The van der Waals surface area contributed by atoms with E-state index in [9.17, 15) is 4.79 Å². The van der Waals surface area contributed by atoms with E-state index in [4.69, 9.17) is 4.74 Å². The summed E-state index contributed by atoms with van der Waals surface area (Å²) in [6, 6.07) is 27.3. The number of ketones is 1. The van der Waals surface area contributed by atoms with Gasteiger partial charge in [0.1, 0.15) is 17.2 Å². The van der Waals surface area contributed by atoms with E-state index in [0.717, 1.165) is 15.6 Å². The average Bonchev–Trinajstić information content (AvgIpc) is 3.06. The van der Waals surface area contributed by atoms with E-state index in [0.29, 0.717) is 22.8 Å². The number of carbonyl (C=O) groups is 1. The van der Waals surface area contributed by atoms with Crippen molar-refractivity contribution < 1.29 is 9.53 Å². The molecular formula is C22H16O2S. The molecule has 4 rings (SSSR count). The quantitative estimate of drug-likeness (QED) is 0.433. The van der Waals surface area contributed by atoms with Crippen LogP contribution in [-0.2, 0) is 6.61 Å². The second kappa shape index (κ2) is 6.91. The number of benzene rings is 3. The highest BCUT2D eigenvalue weighted by Crippen LogP contribution is 2.39. The van der Waals surface area contributed by atoms with Crippen molar-refractivity contribution in [2.24, 2.45) is 0 Å². The molecule has 3 aromatic carbocycles. The van der Waals surface area contributed by atoms with Crippen molar-refractivity contribution in [3.63, 3.8) is 0 Å². The van der Waals surface area contributed by atoms with Gasteiger partial charge in [0.05, 0.1) is 0 Å². The van der Waals surface area contributed by atoms with Gasteiger partial charge in [0.2, 0.25) is 5.78 Å². The highest BCUT2D eigenvalue weighted by molar-refractivity contribution is 7.21. The Hall–Kier alpha value is -2.91. The minimum absolute atomic E-state index is 0.00450. The first-order chi connectivity index (χ1) is 12.3. The molecule has 0 unspecified atom stereocenters. The largest absolute Gasteiger partial charge is 0.487 e. The van der Waals surface area contributed by atoms with Crippen molar-refractivity contribution in [1.82, 2.24) is 0 Å². The Bertz CT molecular complexity index is 1000. The molecule has 0 N–H and O–H groups in total. The predicted molar refractivity (Wildman–Crippen MR) is 102 cm³/mol. The van der Waals surface area contributed by atoms with Crippen molar-refractivity contribution in [3.05, 3.63) is 101 Å². The first-order valence-corrected chi connectivity index (χ1v) is 8.92. The third-order valence-corrected chi connectivity index (χ3v) is 5.17. The second-order valence-corrected chi connectivity index (χ2v) is 6.78. The van der Waals surface area contributed by atoms with Gasteiger partial charge in [-0.05, 0) is 17.7 Å². The monoisotopic (exact) mass is 344 g/mol. The van der Waals surface area contributed by atoms with Gasteiger partial charge < -0.3 is 4.74 Å². The molecule has 0 fully saturated rings. The van der Waals surface area contributed by atoms with Gasteiger partial charge in [0, 0.05) is 15.6 Å². The Morgan fingerprint density at radius 3 is 2.20 bits per heavy atom. The number of carbonyl (C=O) groups excluding carboxylic acids is 1. The third-order valence-electron chi connectivity index (χ3n) is 4.02. The van der Waals surface area contributed by atoms with Crippen LogP contribution in [0.25, 0.3) is 10.1 Å². The number of rotatable bonds is 5. The number of fused-ring (bicyclic) bond motifs is 1. The molecule has 0 spiro atoms. The molecule has 0 aliphatic rings. The van der Waals surface area contributed by atoms with Crippen LogP contribution in [0.15, 0.2) is 84.9 Å². The average molecular weight is 344 g/mol. The zero-order valence-electron chi connectivity index (χ0n) is 13.5. The van der Waals surface area contributed by atoms with E-state index in [1.807, 2.05) is 84.9 Å². The minimum atomic E-state index is 0.00450. The van der Waals surface area contributed by atoms with Crippen LogP contribution in [0.4, 0.5) is 0 Å². The lowest BCUT2D eigenvalue weighted by molar-refractivity contribution is 0.103. The summed E-state index contributed by atoms with van der Waals surface area (Å²) < 4.78 is 7.17. The molecule has 0 aliphatic carbocycles. The maximum absolute atomic E-state index is 13.0. The Morgan fingerprint density at radius 2 is 1.44 bits per heavy atom. The van der Waals surface area contributed by atoms with Gasteiger partial charge in [0.25, 0.3) is 0 Å². The summed E-state index contributed by atoms with van der Waals surface area (Å²) in [5.74, 6) is 0.683. The molecular weight excluding hydrogens is 328 g/mol. The zero-order chi connectivity index (χ0) is 17.1. The Kier molecular flexibility index (Phi) is 4.32. The van der Waals surface area contributed by atoms with Gasteiger partial charge >= 0.3 is 0 Å². The van der Waals surface area contributed by atoms with Crippen molar-refractivity contribution in [2.75, 3.05) is 0 Å². The van der Waals surface area contributed by atoms with Crippen molar-refractivity contribution in [2.45, 2.75) is 6.61 Å². The van der Waals surface area contributed by atoms with Gasteiger partial charge in [-0.1, -0.05) is 72.8 Å². The summed E-state index contributed by atoms with van der Waals surface area (Å²) in [6.45, 7) is 0.441. The molecule has 2 nitrogen and oxygen atoms in total. The van der Waals surface area contributed by atoms with E-state index in [1.165, 1.54) is 11.3 Å². The Morgan fingerprint density at radius 1 is 0.800 bits per heavy atom. The molecule has 0 aliphatic heterocycles. The van der Waals surface area contributed by atoms with Gasteiger partial charge in [-0.3, -0.25) is 4.79 Å². The van der Waals surface area contributed by atoms with Crippen LogP contribution in [0.2, 0.25) is 0 Å². The summed E-state index contributed by atoms with van der Waals surface area (Å²) >= 11 is 1.49. The van der Waals surface area contributed by atoms with E-state index in [2.05, 4.69) is 0 Å². The van der Waals surface area contributed by atoms with Crippen LogP contribution in [0.3, 0.4) is 0 Å². The van der Waals surface area contributed by atoms with E-state index in [1.54, 1.807) is 0 Å². The predicted octanol–water partition coefficient (Wildman–Crippen LogP) is 5.71. The lowest BCUT2D eigenvalue weighted by atomic mass is 10.1. The number of thiophene rings is 1. The molecule has 0 atom stereocenters. The summed E-state index contributed by atoms with van der Waals surface area (Å²) in [7, 11) is 0. The molecule has 4 aromatic rings. The lowest BCUT2D eigenvalue weighted by Gasteiger charge is -2.08. The van der Waals surface area contributed by atoms with Gasteiger partial charge in [-0.15, -0.1) is 11.3 Å². The fraction of sp³-hybridized carbons (Fsp3) is 0.0455. The van der Waals surface area contributed by atoms with Crippen LogP contribution in [0.1, 0.15) is 20.8 Å². The van der Waals surface area contributed by atoms with E-state index in [-0.39, 0.29) is 5.78 Å². The van der Waals surface area contributed by atoms with Crippen molar-refractivity contribution >= 4 is 27.2 Å². The summed E-state index contributed by atoms with van der Waals surface area (Å²) in [5.41, 5.74) is 1.76. The molecule has 0 amide bonds. The molecule has 122 valence electrons. The lowest BCUT2D eigenvalue weighted by Crippen LogP contribution is -2.03. The minimum Gasteiger partial charge on any atom is -0.487 e. The maximum atomic E-state index is 13.0. The number of ether oxygens (including phenoxy) is 1. The fourth-order valence-corrected chi connectivity index (χ4v) is 3.87. The van der Waals surface area contributed by atoms with Crippen LogP contribution in [-0.4, -0.2) is 5.78 Å². The molecule has 3 heteroatoms. The van der Waals surface area contributed by atoms with Gasteiger partial charge in [-0.2, -0.15) is 0 Å². The van der Waals surface area contributed by atoms with Crippen LogP contribution < -0.4 is 4.74 Å². The molecule has 0 radical (unpaired) electrons. The maximum Gasteiger partial charge on any atom is 0.206 e. The van der Waals surface area contributed by atoms with Crippen LogP contribution >= 0.6 is 11.3 Å². The SMILES string of the molecule is O=C(c1ccccc1)c1sc2ccccc2c1OCc1ccccc1. The normalized spacial score (nSPS) is 10.7.